The van der Waals surface area contributed by atoms with E-state index < -0.39 is 0 Å². The molecule has 6 nitrogen and oxygen atoms in total. The number of quaternary nitrogens is 1. The summed E-state index contributed by atoms with van der Waals surface area (Å²) in [6.07, 6.45) is 3.72. The number of likely N-dealkylation sites (N-methyl/N-ethyl adjacent to an activating group) is 1. The zero-order chi connectivity index (χ0) is 16.5. The number of nitrogens with zero attached hydrogens (tertiary/aromatic N) is 1. The van der Waals surface area contributed by atoms with Gasteiger partial charge in [-0.2, -0.15) is 0 Å². The lowest BCUT2D eigenvalue weighted by Gasteiger charge is -2.23. The fourth-order valence-electron chi connectivity index (χ4n) is 3.45. The van der Waals surface area contributed by atoms with E-state index in [1.54, 1.807) is 0 Å². The second-order valence-electron chi connectivity index (χ2n) is 7.69. The van der Waals surface area contributed by atoms with Gasteiger partial charge in [0.1, 0.15) is 0 Å². The minimum absolute atomic E-state index is 0.0368. The second kappa shape index (κ2) is 6.36. The Morgan fingerprint density at radius 2 is 1.68 bits per heavy atom. The Bertz CT molecular complexity index is 446. The summed E-state index contributed by atoms with van der Waals surface area (Å²) in [5.74, 6) is -0.369. The van der Waals surface area contributed by atoms with Crippen LogP contribution < -0.4 is 10.2 Å². The van der Waals surface area contributed by atoms with Crippen molar-refractivity contribution < 1.29 is 19.3 Å². The van der Waals surface area contributed by atoms with Crippen LogP contribution in [0.5, 0.6) is 0 Å². The van der Waals surface area contributed by atoms with E-state index in [0.717, 1.165) is 30.6 Å². The predicted molar refractivity (Wildman–Crippen MR) is 81.8 cm³/mol. The Balaban J connectivity index is 1.91. The van der Waals surface area contributed by atoms with Gasteiger partial charge in [-0.3, -0.25) is 14.4 Å². The van der Waals surface area contributed by atoms with Gasteiger partial charge in [-0.15, -0.1) is 0 Å². The molecule has 1 saturated carbocycles. The Kier molecular flexibility index (Phi) is 4.90. The van der Waals surface area contributed by atoms with Crippen LogP contribution in [-0.2, 0) is 14.4 Å². The van der Waals surface area contributed by atoms with Gasteiger partial charge in [0.15, 0.2) is 13.2 Å². The number of carbonyl (C=O) groups is 3. The molecule has 2 aliphatic rings. The van der Waals surface area contributed by atoms with Crippen molar-refractivity contribution in [3.05, 3.63) is 0 Å². The second-order valence-corrected chi connectivity index (χ2v) is 7.69. The molecule has 3 atom stereocenters. The SMILES string of the molecule is C[NH+](CC(=O)NC(C)(C)C)CN1C(=O)[C@H]2CCCC[C@@H]2C1=O. The van der Waals surface area contributed by atoms with Gasteiger partial charge in [-0.25, -0.2) is 4.90 Å². The molecule has 1 unspecified atom stereocenters. The molecule has 124 valence electrons. The molecule has 0 bridgehead atoms. The summed E-state index contributed by atoms with van der Waals surface area (Å²) in [4.78, 5) is 38.9. The van der Waals surface area contributed by atoms with Crippen LogP contribution in [0.2, 0.25) is 0 Å². The zero-order valence-corrected chi connectivity index (χ0v) is 14.1. The molecule has 2 fully saturated rings. The van der Waals surface area contributed by atoms with Crippen LogP contribution >= 0.6 is 0 Å². The normalized spacial score (nSPS) is 26.8. The summed E-state index contributed by atoms with van der Waals surface area (Å²) in [7, 11) is 1.84. The van der Waals surface area contributed by atoms with E-state index in [0.29, 0.717) is 0 Å². The fraction of sp³-hybridized carbons (Fsp3) is 0.812. The molecule has 0 spiro atoms. The lowest BCUT2D eigenvalue weighted by molar-refractivity contribution is -0.879. The monoisotopic (exact) mass is 310 g/mol. The number of carbonyl (C=O) groups excluding carboxylic acids is 3. The Labute approximate surface area is 132 Å². The molecule has 1 saturated heterocycles. The molecule has 6 heteroatoms. The van der Waals surface area contributed by atoms with Crippen LogP contribution in [-0.4, -0.2) is 48.4 Å². The van der Waals surface area contributed by atoms with Crippen LogP contribution in [0.4, 0.5) is 0 Å². The summed E-state index contributed by atoms with van der Waals surface area (Å²) >= 11 is 0. The zero-order valence-electron chi connectivity index (χ0n) is 14.1. The average molecular weight is 310 g/mol. The number of fused-ring (bicyclic) bond motifs is 1. The first-order chi connectivity index (χ1) is 10.2. The third-order valence-electron chi connectivity index (χ3n) is 4.34. The summed E-state index contributed by atoms with van der Waals surface area (Å²) < 4.78 is 0. The van der Waals surface area contributed by atoms with E-state index in [2.05, 4.69) is 5.32 Å². The van der Waals surface area contributed by atoms with Gasteiger partial charge in [0.05, 0.1) is 18.9 Å². The molecule has 2 N–H and O–H groups in total. The standard InChI is InChI=1S/C16H27N3O3/c1-16(2,3)17-13(20)9-18(4)10-19-14(21)11-7-5-6-8-12(11)15(19)22/h11-12H,5-10H2,1-4H3,(H,17,20)/p+1/t11-,12-/m0/s1. The third-order valence-corrected chi connectivity index (χ3v) is 4.34. The Morgan fingerprint density at radius 1 is 1.18 bits per heavy atom. The van der Waals surface area contributed by atoms with Crippen LogP contribution in [0.25, 0.3) is 0 Å². The molecule has 1 aliphatic carbocycles. The van der Waals surface area contributed by atoms with Crippen molar-refractivity contribution in [1.82, 2.24) is 10.2 Å². The number of hydrogen-bond donors (Lipinski definition) is 2. The van der Waals surface area contributed by atoms with Crippen molar-refractivity contribution in [3.63, 3.8) is 0 Å². The highest BCUT2D eigenvalue weighted by molar-refractivity contribution is 6.05. The van der Waals surface area contributed by atoms with Gasteiger partial charge in [-0.1, -0.05) is 12.8 Å². The molecule has 0 aromatic heterocycles. The van der Waals surface area contributed by atoms with Gasteiger partial charge < -0.3 is 10.2 Å². The topological polar surface area (TPSA) is 70.9 Å². The van der Waals surface area contributed by atoms with Crippen molar-refractivity contribution >= 4 is 17.7 Å². The maximum atomic E-state index is 12.4. The summed E-state index contributed by atoms with van der Waals surface area (Å²) in [5, 5.41) is 2.90. The first-order valence-corrected chi connectivity index (χ1v) is 8.16. The number of amides is 3. The molecule has 1 heterocycles. The minimum Gasteiger partial charge on any atom is -0.347 e. The molecule has 0 aromatic carbocycles. The number of rotatable bonds is 4. The lowest BCUT2D eigenvalue weighted by atomic mass is 9.81. The molecule has 3 amide bonds. The highest BCUT2D eigenvalue weighted by atomic mass is 16.2. The molecule has 0 radical (unpaired) electrons. The predicted octanol–water partition coefficient (Wildman–Crippen LogP) is -0.451. The van der Waals surface area contributed by atoms with E-state index in [1.807, 2.05) is 27.8 Å². The smallest absolute Gasteiger partial charge is 0.275 e. The number of nitrogens with one attached hydrogen (secondary N) is 2. The van der Waals surface area contributed by atoms with E-state index in [9.17, 15) is 14.4 Å². The molecule has 2 rings (SSSR count). The molecule has 22 heavy (non-hydrogen) atoms. The quantitative estimate of drug-likeness (QED) is 0.691. The Morgan fingerprint density at radius 3 is 2.14 bits per heavy atom. The van der Waals surface area contributed by atoms with Gasteiger partial charge in [0.2, 0.25) is 11.8 Å². The Hall–Kier alpha value is -1.43. The highest BCUT2D eigenvalue weighted by Gasteiger charge is 2.49. The molecular weight excluding hydrogens is 282 g/mol. The van der Waals surface area contributed by atoms with Crippen molar-refractivity contribution in [2.75, 3.05) is 20.3 Å². The van der Waals surface area contributed by atoms with Gasteiger partial charge in [-0.05, 0) is 33.6 Å². The largest absolute Gasteiger partial charge is 0.347 e. The number of imide groups is 1. The van der Waals surface area contributed by atoms with E-state index in [1.165, 1.54) is 4.90 Å². The van der Waals surface area contributed by atoms with Crippen LogP contribution in [0.15, 0.2) is 0 Å². The summed E-state index contributed by atoms with van der Waals surface area (Å²) in [6.45, 7) is 6.32. The molecule has 1 aliphatic heterocycles. The van der Waals surface area contributed by atoms with E-state index in [-0.39, 0.29) is 48.3 Å². The van der Waals surface area contributed by atoms with Gasteiger partial charge in [0.25, 0.3) is 5.91 Å². The van der Waals surface area contributed by atoms with Crippen molar-refractivity contribution in [3.8, 4) is 0 Å². The minimum atomic E-state index is -0.272. The number of likely N-dealkylation sites (tertiary alicyclic amines) is 1. The maximum absolute atomic E-state index is 12.4. The number of hydrogen-bond acceptors (Lipinski definition) is 3. The van der Waals surface area contributed by atoms with Crippen LogP contribution in [0, 0.1) is 11.8 Å². The third kappa shape index (κ3) is 3.85. The van der Waals surface area contributed by atoms with Crippen molar-refractivity contribution in [2.24, 2.45) is 11.8 Å². The van der Waals surface area contributed by atoms with Gasteiger partial charge in [0, 0.05) is 5.54 Å². The molecule has 0 aromatic rings. The van der Waals surface area contributed by atoms with Crippen LogP contribution in [0.1, 0.15) is 46.5 Å². The van der Waals surface area contributed by atoms with Crippen LogP contribution in [0.3, 0.4) is 0 Å². The molecular formula is C16H28N3O3+. The fourth-order valence-corrected chi connectivity index (χ4v) is 3.45. The first-order valence-electron chi connectivity index (χ1n) is 8.16. The first kappa shape index (κ1) is 16.9. The average Bonchev–Trinajstić information content (AvgIpc) is 2.62. The van der Waals surface area contributed by atoms with E-state index in [4.69, 9.17) is 0 Å². The van der Waals surface area contributed by atoms with Gasteiger partial charge >= 0.3 is 0 Å². The summed E-state index contributed by atoms with van der Waals surface area (Å²) in [6, 6.07) is 0. The maximum Gasteiger partial charge on any atom is 0.275 e. The summed E-state index contributed by atoms with van der Waals surface area (Å²) in [5.41, 5.74) is -0.272. The van der Waals surface area contributed by atoms with E-state index >= 15 is 0 Å². The van der Waals surface area contributed by atoms with Crippen molar-refractivity contribution in [1.29, 1.82) is 0 Å². The van der Waals surface area contributed by atoms with Crippen molar-refractivity contribution in [2.45, 2.75) is 52.0 Å². The lowest BCUT2D eigenvalue weighted by Crippen LogP contribution is -3.12. The highest BCUT2D eigenvalue weighted by Crippen LogP contribution is 2.37.